The molecule has 3 aromatic rings. The molecule has 0 aliphatic heterocycles. The first kappa shape index (κ1) is 25.1. The number of methoxy groups -OCH3 is 1. The Kier molecular flexibility index (Phi) is 8.96. The number of carbonyl (C=O) groups excluding carboxylic acids is 1. The van der Waals surface area contributed by atoms with E-state index >= 15 is 0 Å². The Hall–Kier alpha value is -3.48. The first-order valence-electron chi connectivity index (χ1n) is 11.9. The highest BCUT2D eigenvalue weighted by atomic mass is 16.5. The highest BCUT2D eigenvalue weighted by molar-refractivity contribution is 5.94. The molecule has 0 saturated carbocycles. The zero-order valence-corrected chi connectivity index (χ0v) is 20.1. The van der Waals surface area contributed by atoms with Crippen molar-refractivity contribution in [2.24, 2.45) is 0 Å². The second-order valence-electron chi connectivity index (χ2n) is 8.48. The summed E-state index contributed by atoms with van der Waals surface area (Å²) in [5.41, 5.74) is 3.31. The van der Waals surface area contributed by atoms with Gasteiger partial charge in [-0.2, -0.15) is 0 Å². The van der Waals surface area contributed by atoms with Crippen molar-refractivity contribution in [1.82, 2.24) is 5.32 Å². The zero-order valence-electron chi connectivity index (χ0n) is 20.1. The van der Waals surface area contributed by atoms with Crippen LogP contribution in [0.15, 0.2) is 46.9 Å². The van der Waals surface area contributed by atoms with Crippen LogP contribution < -0.4 is 15.4 Å². The van der Waals surface area contributed by atoms with Gasteiger partial charge in [0.2, 0.25) is 0 Å². The van der Waals surface area contributed by atoms with E-state index in [4.69, 9.17) is 14.3 Å². The number of fused-ring (bicyclic) bond motifs is 1. The maximum Gasteiger partial charge on any atom is 0.305 e. The lowest BCUT2D eigenvalue weighted by Gasteiger charge is -2.19. The van der Waals surface area contributed by atoms with Gasteiger partial charge in [0.05, 0.1) is 19.6 Å². The quantitative estimate of drug-likeness (QED) is 0.264. The minimum absolute atomic E-state index is 0.00880. The predicted molar refractivity (Wildman–Crippen MR) is 134 cm³/mol. The molecule has 0 radical (unpaired) electrons. The van der Waals surface area contributed by atoms with Gasteiger partial charge in [0.25, 0.3) is 5.91 Å². The normalized spacial score (nSPS) is 11.9. The van der Waals surface area contributed by atoms with Gasteiger partial charge in [-0.05, 0) is 55.8 Å². The molecule has 0 aliphatic rings. The average Bonchev–Trinajstić information content (AvgIpc) is 3.16. The molecule has 1 heterocycles. The molecule has 0 aliphatic carbocycles. The van der Waals surface area contributed by atoms with E-state index in [0.29, 0.717) is 5.56 Å². The SMILES string of the molecule is CCCCCCC(Nc1ccc(C(=O)NCCC(=O)O)cc1)c1oc2ccc(OC)cc2c1C. The van der Waals surface area contributed by atoms with Crippen molar-refractivity contribution in [2.45, 2.75) is 58.4 Å². The summed E-state index contributed by atoms with van der Waals surface area (Å²) in [4.78, 5) is 22.9. The van der Waals surface area contributed by atoms with Crippen LogP contribution in [0.2, 0.25) is 0 Å². The second-order valence-corrected chi connectivity index (χ2v) is 8.48. The van der Waals surface area contributed by atoms with Gasteiger partial charge in [-0.15, -0.1) is 0 Å². The number of aliphatic carboxylic acids is 1. The first-order valence-corrected chi connectivity index (χ1v) is 11.9. The minimum atomic E-state index is -0.941. The van der Waals surface area contributed by atoms with Gasteiger partial charge in [-0.1, -0.05) is 32.6 Å². The molecule has 34 heavy (non-hydrogen) atoms. The Balaban J connectivity index is 1.77. The van der Waals surface area contributed by atoms with Crippen LogP contribution in [-0.2, 0) is 4.79 Å². The third kappa shape index (κ3) is 6.53. The highest BCUT2D eigenvalue weighted by Gasteiger charge is 2.21. The lowest BCUT2D eigenvalue weighted by atomic mass is 10.0. The molecule has 1 atom stereocenters. The van der Waals surface area contributed by atoms with Crippen molar-refractivity contribution in [3.05, 3.63) is 59.4 Å². The summed E-state index contributed by atoms with van der Waals surface area (Å²) in [6.45, 7) is 4.38. The maximum atomic E-state index is 12.2. The molecule has 1 unspecified atom stereocenters. The smallest absolute Gasteiger partial charge is 0.305 e. The third-order valence-electron chi connectivity index (χ3n) is 5.96. The average molecular weight is 467 g/mol. The maximum absolute atomic E-state index is 12.2. The molecular formula is C27H34N2O5. The highest BCUT2D eigenvalue weighted by Crippen LogP contribution is 2.35. The summed E-state index contributed by atoms with van der Waals surface area (Å²) in [7, 11) is 1.66. The summed E-state index contributed by atoms with van der Waals surface area (Å²) in [6.07, 6.45) is 5.45. The summed E-state index contributed by atoms with van der Waals surface area (Å²) >= 11 is 0. The van der Waals surface area contributed by atoms with Crippen LogP contribution in [0, 0.1) is 6.92 Å². The first-order chi connectivity index (χ1) is 16.4. The number of unbranched alkanes of at least 4 members (excludes halogenated alkanes) is 3. The number of aryl methyl sites for hydroxylation is 1. The van der Waals surface area contributed by atoms with Gasteiger partial charge < -0.3 is 24.9 Å². The van der Waals surface area contributed by atoms with Gasteiger partial charge in [0, 0.05) is 28.7 Å². The molecule has 3 N–H and O–H groups in total. The number of carbonyl (C=O) groups is 2. The fourth-order valence-electron chi connectivity index (χ4n) is 4.03. The summed E-state index contributed by atoms with van der Waals surface area (Å²) in [5, 5.41) is 16.0. The zero-order chi connectivity index (χ0) is 24.5. The Morgan fingerprint density at radius 3 is 2.53 bits per heavy atom. The fraction of sp³-hybridized carbons (Fsp3) is 0.407. The molecule has 2 aromatic carbocycles. The standard InChI is InChI=1S/C27H34N2O5/c1-4-5-6-7-8-23(26-18(2)22-17-21(33-3)13-14-24(22)34-26)29-20-11-9-19(10-12-20)27(32)28-16-15-25(30)31/h9-14,17,23,29H,4-8,15-16H2,1-3H3,(H,28,32)(H,30,31). The van der Waals surface area contributed by atoms with E-state index in [-0.39, 0.29) is 24.9 Å². The lowest BCUT2D eigenvalue weighted by molar-refractivity contribution is -0.136. The number of ether oxygens (including phenoxy) is 1. The van der Waals surface area contributed by atoms with E-state index in [1.165, 1.54) is 12.8 Å². The van der Waals surface area contributed by atoms with Crippen molar-refractivity contribution in [1.29, 1.82) is 0 Å². The van der Waals surface area contributed by atoms with Crippen LogP contribution >= 0.6 is 0 Å². The van der Waals surface area contributed by atoms with Gasteiger partial charge in [0.15, 0.2) is 0 Å². The van der Waals surface area contributed by atoms with E-state index < -0.39 is 5.97 Å². The van der Waals surface area contributed by atoms with E-state index in [9.17, 15) is 9.59 Å². The monoisotopic (exact) mass is 466 g/mol. The second kappa shape index (κ2) is 12.1. The molecule has 7 nitrogen and oxygen atoms in total. The molecule has 7 heteroatoms. The van der Waals surface area contributed by atoms with E-state index in [0.717, 1.165) is 53.0 Å². The van der Waals surface area contributed by atoms with Crippen LogP contribution in [0.5, 0.6) is 5.75 Å². The summed E-state index contributed by atoms with van der Waals surface area (Å²) in [6, 6.07) is 13.1. The lowest BCUT2D eigenvalue weighted by Crippen LogP contribution is -2.25. The Morgan fingerprint density at radius 2 is 1.85 bits per heavy atom. The van der Waals surface area contributed by atoms with Crippen LogP contribution in [0.25, 0.3) is 11.0 Å². The van der Waals surface area contributed by atoms with Crippen molar-refractivity contribution in [2.75, 3.05) is 19.0 Å². The molecule has 0 saturated heterocycles. The number of hydrogen-bond acceptors (Lipinski definition) is 5. The fourth-order valence-corrected chi connectivity index (χ4v) is 4.03. The molecule has 0 spiro atoms. The van der Waals surface area contributed by atoms with Gasteiger partial charge in [0.1, 0.15) is 17.1 Å². The van der Waals surface area contributed by atoms with Gasteiger partial charge in [-0.3, -0.25) is 9.59 Å². The van der Waals surface area contributed by atoms with Gasteiger partial charge >= 0.3 is 5.97 Å². The van der Waals surface area contributed by atoms with E-state index in [1.807, 2.05) is 30.3 Å². The van der Waals surface area contributed by atoms with Gasteiger partial charge in [-0.25, -0.2) is 0 Å². The number of nitrogens with one attached hydrogen (secondary N) is 2. The third-order valence-corrected chi connectivity index (χ3v) is 5.96. The summed E-state index contributed by atoms with van der Waals surface area (Å²) in [5.74, 6) is 0.484. The minimum Gasteiger partial charge on any atom is -0.497 e. The number of amides is 1. The number of carboxylic acid groups (broad SMARTS) is 1. The molecule has 1 aromatic heterocycles. The number of rotatable bonds is 13. The molecule has 182 valence electrons. The number of hydrogen-bond donors (Lipinski definition) is 3. The van der Waals surface area contributed by atoms with Crippen molar-refractivity contribution < 1.29 is 23.8 Å². The Labute approximate surface area is 200 Å². The number of benzene rings is 2. The molecular weight excluding hydrogens is 432 g/mol. The number of carboxylic acids is 1. The topological polar surface area (TPSA) is 101 Å². The molecule has 1 amide bonds. The van der Waals surface area contributed by atoms with Crippen LogP contribution in [0.3, 0.4) is 0 Å². The Morgan fingerprint density at radius 1 is 1.09 bits per heavy atom. The van der Waals surface area contributed by atoms with Crippen molar-refractivity contribution >= 4 is 28.5 Å². The number of anilines is 1. The molecule has 0 bridgehead atoms. The predicted octanol–water partition coefficient (Wildman–Crippen LogP) is 6.08. The summed E-state index contributed by atoms with van der Waals surface area (Å²) < 4.78 is 11.7. The van der Waals surface area contributed by atoms with Crippen LogP contribution in [0.1, 0.15) is 73.2 Å². The van der Waals surface area contributed by atoms with E-state index in [2.05, 4.69) is 24.5 Å². The van der Waals surface area contributed by atoms with Crippen molar-refractivity contribution in [3.63, 3.8) is 0 Å². The molecule has 3 rings (SSSR count). The number of furan rings is 1. The molecule has 0 fully saturated rings. The Bertz CT molecular complexity index is 1100. The largest absolute Gasteiger partial charge is 0.497 e. The van der Waals surface area contributed by atoms with Crippen molar-refractivity contribution in [3.8, 4) is 5.75 Å². The van der Waals surface area contributed by atoms with E-state index in [1.54, 1.807) is 19.2 Å². The van der Waals surface area contributed by atoms with Crippen LogP contribution in [-0.4, -0.2) is 30.6 Å². The van der Waals surface area contributed by atoms with Crippen LogP contribution in [0.4, 0.5) is 5.69 Å².